The standard InChI is InChI=1S/C43H34O7/c44-26-35-24-38(48-28-32-16-7-2-8-17-32)41(39(25-35)49-29-33-18-9-3-10-19-33)42(45)40-36(43(46)50-30-34-20-11-4-12-21-34)22-13-23-37(40)47-27-31-14-5-1-6-15-31/h1-26H,27-30H2. The molecule has 0 aliphatic heterocycles. The predicted molar refractivity (Wildman–Crippen MR) is 190 cm³/mol. The number of ether oxygens (including phenoxy) is 4. The van der Waals surface area contributed by atoms with E-state index in [-0.39, 0.29) is 65.9 Å². The minimum absolute atomic E-state index is 0.00725. The Morgan fingerprint density at radius 3 is 1.32 bits per heavy atom. The fourth-order valence-corrected chi connectivity index (χ4v) is 5.32. The average Bonchev–Trinajstić information content (AvgIpc) is 3.18. The zero-order valence-electron chi connectivity index (χ0n) is 27.2. The number of rotatable bonds is 15. The van der Waals surface area contributed by atoms with E-state index in [1.165, 1.54) is 18.2 Å². The van der Waals surface area contributed by atoms with E-state index in [0.29, 0.717) is 6.29 Å². The highest BCUT2D eigenvalue weighted by Gasteiger charge is 2.30. The fraction of sp³-hybridized carbons (Fsp3) is 0.0930. The number of aldehydes is 1. The van der Waals surface area contributed by atoms with E-state index in [4.69, 9.17) is 18.9 Å². The van der Waals surface area contributed by atoms with Crippen LogP contribution in [-0.2, 0) is 31.2 Å². The summed E-state index contributed by atoms with van der Waals surface area (Å²) in [6.45, 7) is 0.370. The molecule has 0 aliphatic rings. The molecular weight excluding hydrogens is 628 g/mol. The molecule has 0 heterocycles. The molecule has 0 aromatic heterocycles. The van der Waals surface area contributed by atoms with Crippen LogP contribution in [0, 0.1) is 0 Å². The van der Waals surface area contributed by atoms with Crippen molar-refractivity contribution < 1.29 is 33.3 Å². The summed E-state index contributed by atoms with van der Waals surface area (Å²) in [5, 5.41) is 0. The molecule has 0 spiro atoms. The summed E-state index contributed by atoms with van der Waals surface area (Å²) in [6, 6.07) is 45.5. The van der Waals surface area contributed by atoms with Gasteiger partial charge in [-0.1, -0.05) is 127 Å². The molecule has 50 heavy (non-hydrogen) atoms. The van der Waals surface area contributed by atoms with Crippen LogP contribution >= 0.6 is 0 Å². The molecule has 0 radical (unpaired) electrons. The summed E-state index contributed by atoms with van der Waals surface area (Å²) in [5.74, 6) is -0.884. The first-order valence-electron chi connectivity index (χ1n) is 16.1. The third kappa shape index (κ3) is 8.51. The van der Waals surface area contributed by atoms with E-state index >= 15 is 4.79 Å². The minimum atomic E-state index is -0.703. The molecule has 0 bridgehead atoms. The van der Waals surface area contributed by atoms with Gasteiger partial charge in [0, 0.05) is 5.56 Å². The largest absolute Gasteiger partial charge is 0.488 e. The van der Waals surface area contributed by atoms with Crippen LogP contribution in [0.15, 0.2) is 152 Å². The number of carbonyl (C=O) groups excluding carboxylic acids is 3. The van der Waals surface area contributed by atoms with Gasteiger partial charge in [-0.05, 0) is 46.5 Å². The maximum Gasteiger partial charge on any atom is 0.339 e. The van der Waals surface area contributed by atoms with Crippen LogP contribution in [0.25, 0.3) is 0 Å². The van der Waals surface area contributed by atoms with Crippen molar-refractivity contribution >= 4 is 18.0 Å². The van der Waals surface area contributed by atoms with Gasteiger partial charge in [-0.15, -0.1) is 0 Å². The van der Waals surface area contributed by atoms with E-state index in [1.807, 2.05) is 121 Å². The number of ketones is 1. The number of esters is 1. The minimum Gasteiger partial charge on any atom is -0.488 e. The van der Waals surface area contributed by atoms with Gasteiger partial charge >= 0.3 is 5.97 Å². The molecule has 6 aromatic carbocycles. The molecule has 0 N–H and O–H groups in total. The average molecular weight is 663 g/mol. The van der Waals surface area contributed by atoms with Crippen LogP contribution in [0.2, 0.25) is 0 Å². The Kier molecular flexibility index (Phi) is 11.1. The van der Waals surface area contributed by atoms with Gasteiger partial charge in [-0.25, -0.2) is 4.79 Å². The molecule has 7 heteroatoms. The molecule has 0 unspecified atom stereocenters. The normalized spacial score (nSPS) is 10.6. The van der Waals surface area contributed by atoms with Crippen molar-refractivity contribution in [3.63, 3.8) is 0 Å². The molecule has 0 fully saturated rings. The molecule has 0 saturated carbocycles. The Bertz CT molecular complexity index is 1980. The summed E-state index contributed by atoms with van der Waals surface area (Å²) >= 11 is 0. The first kappa shape index (κ1) is 33.4. The van der Waals surface area contributed by atoms with Crippen molar-refractivity contribution in [1.29, 1.82) is 0 Å². The smallest absolute Gasteiger partial charge is 0.339 e. The molecule has 248 valence electrons. The lowest BCUT2D eigenvalue weighted by molar-refractivity contribution is 0.0469. The third-order valence-electron chi connectivity index (χ3n) is 7.85. The van der Waals surface area contributed by atoms with Crippen molar-refractivity contribution in [3.8, 4) is 17.2 Å². The highest BCUT2D eigenvalue weighted by molar-refractivity contribution is 6.18. The lowest BCUT2D eigenvalue weighted by Gasteiger charge is -2.20. The summed E-state index contributed by atoms with van der Waals surface area (Å²) in [4.78, 5) is 40.9. The Balaban J connectivity index is 1.44. The zero-order chi connectivity index (χ0) is 34.5. The number of hydrogen-bond donors (Lipinski definition) is 0. The molecule has 0 saturated heterocycles. The third-order valence-corrected chi connectivity index (χ3v) is 7.85. The summed E-state index contributed by atoms with van der Waals surface area (Å²) in [6.07, 6.45) is 0.669. The van der Waals surface area contributed by atoms with Crippen LogP contribution in [0.5, 0.6) is 17.2 Å². The molecule has 6 aromatic rings. The van der Waals surface area contributed by atoms with Crippen LogP contribution in [0.1, 0.15) is 58.9 Å². The van der Waals surface area contributed by atoms with Gasteiger partial charge in [-0.3, -0.25) is 9.59 Å². The quantitative estimate of drug-likeness (QED) is 0.0617. The van der Waals surface area contributed by atoms with Crippen LogP contribution < -0.4 is 14.2 Å². The first-order valence-corrected chi connectivity index (χ1v) is 16.1. The highest BCUT2D eigenvalue weighted by Crippen LogP contribution is 2.37. The highest BCUT2D eigenvalue weighted by atomic mass is 16.5. The lowest BCUT2D eigenvalue weighted by atomic mass is 9.94. The number of hydrogen-bond acceptors (Lipinski definition) is 7. The van der Waals surface area contributed by atoms with Gasteiger partial charge in [-0.2, -0.15) is 0 Å². The van der Waals surface area contributed by atoms with Gasteiger partial charge in [0.05, 0.1) is 11.1 Å². The van der Waals surface area contributed by atoms with Crippen LogP contribution in [-0.4, -0.2) is 18.0 Å². The van der Waals surface area contributed by atoms with Crippen molar-refractivity contribution in [3.05, 3.63) is 196 Å². The second-order valence-corrected chi connectivity index (χ2v) is 11.4. The Morgan fingerprint density at radius 2 is 0.880 bits per heavy atom. The van der Waals surface area contributed by atoms with Gasteiger partial charge in [0.1, 0.15) is 55.5 Å². The number of benzene rings is 6. The summed E-state index contributed by atoms with van der Waals surface area (Å²) < 4.78 is 24.5. The Morgan fingerprint density at radius 1 is 0.460 bits per heavy atom. The van der Waals surface area contributed by atoms with E-state index in [9.17, 15) is 9.59 Å². The van der Waals surface area contributed by atoms with Crippen molar-refractivity contribution in [2.24, 2.45) is 0 Å². The van der Waals surface area contributed by atoms with Crippen molar-refractivity contribution in [1.82, 2.24) is 0 Å². The lowest BCUT2D eigenvalue weighted by Crippen LogP contribution is -2.17. The zero-order valence-corrected chi connectivity index (χ0v) is 27.2. The van der Waals surface area contributed by atoms with Crippen LogP contribution in [0.4, 0.5) is 0 Å². The predicted octanol–water partition coefficient (Wildman–Crippen LogP) is 8.82. The first-order chi connectivity index (χ1) is 24.6. The second-order valence-electron chi connectivity index (χ2n) is 11.4. The van der Waals surface area contributed by atoms with Crippen molar-refractivity contribution in [2.75, 3.05) is 0 Å². The molecule has 7 nitrogen and oxygen atoms in total. The van der Waals surface area contributed by atoms with E-state index in [2.05, 4.69) is 0 Å². The van der Waals surface area contributed by atoms with Gasteiger partial charge in [0.25, 0.3) is 0 Å². The molecule has 0 amide bonds. The van der Waals surface area contributed by atoms with Crippen molar-refractivity contribution in [2.45, 2.75) is 26.4 Å². The van der Waals surface area contributed by atoms with Gasteiger partial charge < -0.3 is 18.9 Å². The van der Waals surface area contributed by atoms with Gasteiger partial charge in [0.2, 0.25) is 5.78 Å². The van der Waals surface area contributed by atoms with Crippen LogP contribution in [0.3, 0.4) is 0 Å². The maximum absolute atomic E-state index is 15.0. The number of carbonyl (C=O) groups is 3. The van der Waals surface area contributed by atoms with E-state index < -0.39 is 11.8 Å². The SMILES string of the molecule is O=Cc1cc(OCc2ccccc2)c(C(=O)c2c(OCc3ccccc3)cccc2C(=O)OCc2ccccc2)c(OCc2ccccc2)c1. The fourth-order valence-electron chi connectivity index (χ4n) is 5.32. The molecule has 0 aliphatic carbocycles. The van der Waals surface area contributed by atoms with E-state index in [0.717, 1.165) is 22.3 Å². The monoisotopic (exact) mass is 662 g/mol. The molecule has 0 atom stereocenters. The topological polar surface area (TPSA) is 88.1 Å². The second kappa shape index (κ2) is 16.6. The Hall–Kier alpha value is -6.47. The molecular formula is C43H34O7. The summed E-state index contributed by atoms with van der Waals surface area (Å²) in [5.41, 5.74) is 3.66. The molecule has 6 rings (SSSR count). The van der Waals surface area contributed by atoms with E-state index in [1.54, 1.807) is 12.1 Å². The van der Waals surface area contributed by atoms with Gasteiger partial charge in [0.15, 0.2) is 0 Å². The Labute approximate surface area is 290 Å². The summed E-state index contributed by atoms with van der Waals surface area (Å²) in [7, 11) is 0. The maximum atomic E-state index is 15.0.